The Balaban J connectivity index is 2.26. The molecule has 1 fully saturated rings. The zero-order valence-electron chi connectivity index (χ0n) is 7.68. The first-order valence-electron chi connectivity index (χ1n) is 4.75. The zero-order chi connectivity index (χ0) is 8.97. The maximum Gasteiger partial charge on any atom is 0.224 e. The SMILES string of the molecule is CCNC(=O)C(CN)CC1CC1. The van der Waals surface area contributed by atoms with Crippen LogP contribution in [0.5, 0.6) is 0 Å². The monoisotopic (exact) mass is 170 g/mol. The smallest absolute Gasteiger partial charge is 0.224 e. The number of rotatable bonds is 5. The quantitative estimate of drug-likeness (QED) is 0.631. The Morgan fingerprint density at radius 2 is 2.33 bits per heavy atom. The number of carbonyl (C=O) groups is 1. The molecule has 0 radical (unpaired) electrons. The molecule has 0 aromatic carbocycles. The van der Waals surface area contributed by atoms with E-state index in [1.54, 1.807) is 0 Å². The van der Waals surface area contributed by atoms with E-state index in [2.05, 4.69) is 5.32 Å². The van der Waals surface area contributed by atoms with Crippen LogP contribution < -0.4 is 11.1 Å². The van der Waals surface area contributed by atoms with Gasteiger partial charge in [-0.3, -0.25) is 4.79 Å². The van der Waals surface area contributed by atoms with Gasteiger partial charge in [-0.2, -0.15) is 0 Å². The number of amides is 1. The maximum absolute atomic E-state index is 11.3. The molecule has 70 valence electrons. The van der Waals surface area contributed by atoms with Crippen molar-refractivity contribution in [3.8, 4) is 0 Å². The van der Waals surface area contributed by atoms with Crippen LogP contribution >= 0.6 is 0 Å². The first-order chi connectivity index (χ1) is 5.77. The van der Waals surface area contributed by atoms with Crippen molar-refractivity contribution in [2.45, 2.75) is 26.2 Å². The molecule has 0 spiro atoms. The molecule has 1 saturated carbocycles. The van der Waals surface area contributed by atoms with Gasteiger partial charge in [-0.1, -0.05) is 12.8 Å². The molecule has 12 heavy (non-hydrogen) atoms. The lowest BCUT2D eigenvalue weighted by molar-refractivity contribution is -0.124. The van der Waals surface area contributed by atoms with Gasteiger partial charge in [-0.15, -0.1) is 0 Å². The molecule has 1 amide bonds. The minimum atomic E-state index is 0.0532. The van der Waals surface area contributed by atoms with Crippen molar-refractivity contribution in [2.75, 3.05) is 13.1 Å². The van der Waals surface area contributed by atoms with Gasteiger partial charge in [-0.25, -0.2) is 0 Å². The molecule has 3 nitrogen and oxygen atoms in total. The Morgan fingerprint density at radius 3 is 2.75 bits per heavy atom. The van der Waals surface area contributed by atoms with Crippen molar-refractivity contribution < 1.29 is 4.79 Å². The number of carbonyl (C=O) groups excluding carboxylic acids is 1. The summed E-state index contributed by atoms with van der Waals surface area (Å²) in [6.07, 6.45) is 3.56. The van der Waals surface area contributed by atoms with Crippen molar-refractivity contribution >= 4 is 5.91 Å². The molecule has 1 unspecified atom stereocenters. The summed E-state index contributed by atoms with van der Waals surface area (Å²) < 4.78 is 0. The van der Waals surface area contributed by atoms with Crippen LogP contribution in [-0.2, 0) is 4.79 Å². The molecular weight excluding hydrogens is 152 g/mol. The van der Waals surface area contributed by atoms with Crippen LogP contribution in [0.1, 0.15) is 26.2 Å². The van der Waals surface area contributed by atoms with E-state index in [0.29, 0.717) is 13.1 Å². The minimum Gasteiger partial charge on any atom is -0.356 e. The molecule has 0 aliphatic heterocycles. The second-order valence-corrected chi connectivity index (χ2v) is 3.51. The third kappa shape index (κ3) is 2.81. The van der Waals surface area contributed by atoms with Crippen molar-refractivity contribution in [2.24, 2.45) is 17.6 Å². The maximum atomic E-state index is 11.3. The molecule has 1 aliphatic rings. The molecule has 1 rings (SSSR count). The van der Waals surface area contributed by atoms with E-state index in [9.17, 15) is 4.79 Å². The van der Waals surface area contributed by atoms with Gasteiger partial charge in [0.15, 0.2) is 0 Å². The summed E-state index contributed by atoms with van der Waals surface area (Å²) in [4.78, 5) is 11.3. The average Bonchev–Trinajstić information content (AvgIpc) is 2.84. The molecule has 0 bridgehead atoms. The van der Waals surface area contributed by atoms with Gasteiger partial charge in [0.05, 0.1) is 5.92 Å². The standard InChI is InChI=1S/C9H18N2O/c1-2-11-9(12)8(6-10)5-7-3-4-7/h7-8H,2-6,10H2,1H3,(H,11,12). The van der Waals surface area contributed by atoms with Crippen LogP contribution in [0.25, 0.3) is 0 Å². The topological polar surface area (TPSA) is 55.1 Å². The number of nitrogens with one attached hydrogen (secondary N) is 1. The Labute approximate surface area is 73.7 Å². The van der Waals surface area contributed by atoms with Crippen LogP contribution in [0.2, 0.25) is 0 Å². The van der Waals surface area contributed by atoms with E-state index >= 15 is 0 Å². The Morgan fingerprint density at radius 1 is 1.67 bits per heavy atom. The van der Waals surface area contributed by atoms with Gasteiger partial charge in [0.2, 0.25) is 5.91 Å². The van der Waals surface area contributed by atoms with Gasteiger partial charge in [0, 0.05) is 13.1 Å². The number of hydrogen-bond acceptors (Lipinski definition) is 2. The van der Waals surface area contributed by atoms with Crippen LogP contribution in [-0.4, -0.2) is 19.0 Å². The highest BCUT2D eigenvalue weighted by Crippen LogP contribution is 2.35. The van der Waals surface area contributed by atoms with Crippen LogP contribution in [0, 0.1) is 11.8 Å². The molecule has 0 aromatic heterocycles. The lowest BCUT2D eigenvalue weighted by Gasteiger charge is -2.12. The average molecular weight is 170 g/mol. The summed E-state index contributed by atoms with van der Waals surface area (Å²) in [6.45, 7) is 3.13. The highest BCUT2D eigenvalue weighted by molar-refractivity contribution is 5.78. The molecule has 3 N–H and O–H groups in total. The van der Waals surface area contributed by atoms with E-state index in [1.165, 1.54) is 12.8 Å². The Kier molecular flexibility index (Phi) is 3.53. The van der Waals surface area contributed by atoms with Crippen LogP contribution in [0.15, 0.2) is 0 Å². The summed E-state index contributed by atoms with van der Waals surface area (Å²) in [5.41, 5.74) is 5.52. The fourth-order valence-corrected chi connectivity index (χ4v) is 1.38. The summed E-state index contributed by atoms with van der Waals surface area (Å²) in [5.74, 6) is 0.963. The predicted molar refractivity (Wildman–Crippen MR) is 48.6 cm³/mol. The van der Waals surface area contributed by atoms with Crippen LogP contribution in [0.4, 0.5) is 0 Å². The molecule has 0 heterocycles. The molecular formula is C9H18N2O. The van der Waals surface area contributed by atoms with Crippen molar-refractivity contribution in [1.29, 1.82) is 0 Å². The van der Waals surface area contributed by atoms with E-state index in [-0.39, 0.29) is 11.8 Å². The highest BCUT2D eigenvalue weighted by Gasteiger charge is 2.27. The van der Waals surface area contributed by atoms with E-state index in [0.717, 1.165) is 12.3 Å². The summed E-state index contributed by atoms with van der Waals surface area (Å²) in [5, 5.41) is 2.81. The first kappa shape index (κ1) is 9.52. The fourth-order valence-electron chi connectivity index (χ4n) is 1.38. The van der Waals surface area contributed by atoms with Crippen LogP contribution in [0.3, 0.4) is 0 Å². The molecule has 0 aromatic rings. The summed E-state index contributed by atoms with van der Waals surface area (Å²) >= 11 is 0. The molecule has 3 heteroatoms. The predicted octanol–water partition coefficient (Wildman–Crippen LogP) is 0.497. The lowest BCUT2D eigenvalue weighted by Crippen LogP contribution is -2.35. The van der Waals surface area contributed by atoms with Gasteiger partial charge in [0.25, 0.3) is 0 Å². The second-order valence-electron chi connectivity index (χ2n) is 3.51. The molecule has 0 saturated heterocycles. The normalized spacial score (nSPS) is 18.8. The summed E-state index contributed by atoms with van der Waals surface area (Å²) in [6, 6.07) is 0. The van der Waals surface area contributed by atoms with Crippen molar-refractivity contribution in [1.82, 2.24) is 5.32 Å². The number of nitrogens with two attached hydrogens (primary N) is 1. The minimum absolute atomic E-state index is 0.0532. The van der Waals surface area contributed by atoms with Gasteiger partial charge < -0.3 is 11.1 Å². The molecule has 1 aliphatic carbocycles. The highest BCUT2D eigenvalue weighted by atomic mass is 16.1. The van der Waals surface area contributed by atoms with Crippen molar-refractivity contribution in [3.05, 3.63) is 0 Å². The van der Waals surface area contributed by atoms with Gasteiger partial charge in [-0.05, 0) is 19.3 Å². The Bertz CT molecular complexity index is 155. The largest absolute Gasteiger partial charge is 0.356 e. The van der Waals surface area contributed by atoms with E-state index in [1.807, 2.05) is 6.92 Å². The summed E-state index contributed by atoms with van der Waals surface area (Å²) in [7, 11) is 0. The second kappa shape index (κ2) is 4.45. The lowest BCUT2D eigenvalue weighted by atomic mass is 10.0. The zero-order valence-corrected chi connectivity index (χ0v) is 7.68. The third-order valence-corrected chi connectivity index (χ3v) is 2.32. The first-order valence-corrected chi connectivity index (χ1v) is 4.75. The van der Waals surface area contributed by atoms with Crippen molar-refractivity contribution in [3.63, 3.8) is 0 Å². The van der Waals surface area contributed by atoms with E-state index in [4.69, 9.17) is 5.73 Å². The number of hydrogen-bond donors (Lipinski definition) is 2. The van der Waals surface area contributed by atoms with Gasteiger partial charge >= 0.3 is 0 Å². The third-order valence-electron chi connectivity index (χ3n) is 2.32. The van der Waals surface area contributed by atoms with Gasteiger partial charge in [0.1, 0.15) is 0 Å². The molecule has 1 atom stereocenters. The fraction of sp³-hybridized carbons (Fsp3) is 0.889. The Hall–Kier alpha value is -0.570. The van der Waals surface area contributed by atoms with E-state index < -0.39 is 0 Å².